The summed E-state index contributed by atoms with van der Waals surface area (Å²) in [5.41, 5.74) is 1.23. The Balaban J connectivity index is 2.31. The van der Waals surface area contributed by atoms with Gasteiger partial charge in [-0.2, -0.15) is 0 Å². The molecule has 3 heteroatoms. The molecule has 0 atom stereocenters. The maximum atomic E-state index is 5.57. The van der Waals surface area contributed by atoms with Crippen LogP contribution in [0.25, 0.3) is 0 Å². The molecule has 12 heavy (non-hydrogen) atoms. The third-order valence-corrected chi connectivity index (χ3v) is 2.11. The van der Waals surface area contributed by atoms with Gasteiger partial charge in [0.15, 0.2) is 0 Å². The van der Waals surface area contributed by atoms with Crippen LogP contribution in [-0.4, -0.2) is 15.8 Å². The molecule has 1 heterocycles. The molecule has 0 bridgehead atoms. The van der Waals surface area contributed by atoms with E-state index in [9.17, 15) is 0 Å². The zero-order chi connectivity index (χ0) is 8.81. The molecule has 0 saturated carbocycles. The lowest BCUT2D eigenvalue weighted by molar-refractivity contribution is 0.782. The number of aryl methyl sites for hydroxylation is 2. The molecular weight excluding hydrogens is 172 g/mol. The van der Waals surface area contributed by atoms with Crippen LogP contribution in [0.1, 0.15) is 31.3 Å². The lowest BCUT2D eigenvalue weighted by atomic mass is 10.2. The summed E-state index contributed by atoms with van der Waals surface area (Å²) in [6.45, 7) is 2.10. The number of aromatic nitrogens is 2. The Labute approximate surface area is 78.4 Å². The van der Waals surface area contributed by atoms with Crippen LogP contribution in [0.2, 0.25) is 0 Å². The quantitative estimate of drug-likeness (QED) is 0.556. The average Bonchev–Trinajstić information content (AvgIpc) is 2.53. The van der Waals surface area contributed by atoms with Crippen LogP contribution in [0.5, 0.6) is 0 Å². The fraction of sp³-hybridized carbons (Fsp3) is 0.667. The second-order valence-corrected chi connectivity index (χ2v) is 3.23. The van der Waals surface area contributed by atoms with Gasteiger partial charge in [0.2, 0.25) is 0 Å². The molecule has 0 aliphatic heterocycles. The molecule has 1 rings (SSSR count). The lowest BCUT2D eigenvalue weighted by Crippen LogP contribution is -1.87. The number of rotatable bonds is 5. The van der Waals surface area contributed by atoms with Crippen LogP contribution >= 0.6 is 11.6 Å². The van der Waals surface area contributed by atoms with Crippen LogP contribution in [0.3, 0.4) is 0 Å². The van der Waals surface area contributed by atoms with Gasteiger partial charge >= 0.3 is 0 Å². The van der Waals surface area contributed by atoms with Crippen molar-refractivity contribution in [3.63, 3.8) is 0 Å². The highest BCUT2D eigenvalue weighted by atomic mass is 35.5. The number of hydrogen-bond donors (Lipinski definition) is 1. The molecule has 0 radical (unpaired) electrons. The molecule has 0 saturated heterocycles. The van der Waals surface area contributed by atoms with Crippen molar-refractivity contribution in [2.45, 2.75) is 32.6 Å². The molecule has 1 aromatic heterocycles. The van der Waals surface area contributed by atoms with Crippen molar-refractivity contribution in [3.8, 4) is 0 Å². The summed E-state index contributed by atoms with van der Waals surface area (Å²) >= 11 is 5.57. The largest absolute Gasteiger partial charge is 0.346 e. The Morgan fingerprint density at radius 3 is 2.92 bits per heavy atom. The minimum Gasteiger partial charge on any atom is -0.346 e. The third kappa shape index (κ3) is 2.86. The SMILES string of the molecule is CCc1ncc(CCCCCl)[nH]1. The van der Waals surface area contributed by atoms with Gasteiger partial charge in [-0.1, -0.05) is 6.92 Å². The standard InChI is InChI=1S/C9H15ClN2/c1-2-9-11-7-8(12-9)5-3-4-6-10/h7H,2-6H2,1H3,(H,11,12). The second kappa shape index (κ2) is 5.20. The van der Waals surface area contributed by atoms with Gasteiger partial charge in [-0.05, 0) is 19.3 Å². The van der Waals surface area contributed by atoms with Crippen molar-refractivity contribution in [2.24, 2.45) is 0 Å². The fourth-order valence-corrected chi connectivity index (χ4v) is 1.31. The minimum atomic E-state index is 0.759. The van der Waals surface area contributed by atoms with E-state index < -0.39 is 0 Å². The van der Waals surface area contributed by atoms with Crippen molar-refractivity contribution < 1.29 is 0 Å². The van der Waals surface area contributed by atoms with Gasteiger partial charge in [-0.15, -0.1) is 11.6 Å². The van der Waals surface area contributed by atoms with Gasteiger partial charge in [0, 0.05) is 24.2 Å². The predicted octanol–water partition coefficient (Wildman–Crippen LogP) is 2.53. The van der Waals surface area contributed by atoms with Gasteiger partial charge in [-0.3, -0.25) is 0 Å². The van der Waals surface area contributed by atoms with E-state index in [0.717, 1.165) is 37.4 Å². The van der Waals surface area contributed by atoms with E-state index in [1.165, 1.54) is 5.69 Å². The summed E-state index contributed by atoms with van der Waals surface area (Å²) in [6.07, 6.45) is 6.21. The van der Waals surface area contributed by atoms with E-state index in [-0.39, 0.29) is 0 Å². The number of imidazole rings is 1. The van der Waals surface area contributed by atoms with Crippen molar-refractivity contribution in [1.82, 2.24) is 9.97 Å². The molecule has 0 aliphatic carbocycles. The minimum absolute atomic E-state index is 0.759. The number of aromatic amines is 1. The molecule has 0 amide bonds. The van der Waals surface area contributed by atoms with E-state index in [4.69, 9.17) is 11.6 Å². The highest BCUT2D eigenvalue weighted by Gasteiger charge is 1.97. The Morgan fingerprint density at radius 2 is 2.33 bits per heavy atom. The topological polar surface area (TPSA) is 28.7 Å². The number of unbranched alkanes of at least 4 members (excludes halogenated alkanes) is 1. The Bertz CT molecular complexity index is 220. The molecule has 0 fully saturated rings. The molecule has 0 aromatic carbocycles. The molecule has 0 spiro atoms. The van der Waals surface area contributed by atoms with Crippen LogP contribution in [0.15, 0.2) is 6.20 Å². The number of alkyl halides is 1. The maximum Gasteiger partial charge on any atom is 0.105 e. The predicted molar refractivity (Wildman–Crippen MR) is 51.6 cm³/mol. The van der Waals surface area contributed by atoms with Crippen LogP contribution in [-0.2, 0) is 12.8 Å². The van der Waals surface area contributed by atoms with E-state index in [1.54, 1.807) is 0 Å². The third-order valence-electron chi connectivity index (χ3n) is 1.85. The van der Waals surface area contributed by atoms with Gasteiger partial charge in [-0.25, -0.2) is 4.98 Å². The molecule has 68 valence electrons. The lowest BCUT2D eigenvalue weighted by Gasteiger charge is -1.94. The highest BCUT2D eigenvalue weighted by Crippen LogP contribution is 2.03. The first-order valence-corrected chi connectivity index (χ1v) is 4.99. The second-order valence-electron chi connectivity index (χ2n) is 2.85. The molecule has 1 aromatic rings. The van der Waals surface area contributed by atoms with E-state index >= 15 is 0 Å². The summed E-state index contributed by atoms with van der Waals surface area (Å²) in [4.78, 5) is 7.49. The van der Waals surface area contributed by atoms with E-state index in [0.29, 0.717) is 0 Å². The zero-order valence-corrected chi connectivity index (χ0v) is 8.19. The van der Waals surface area contributed by atoms with Crippen molar-refractivity contribution in [3.05, 3.63) is 17.7 Å². The summed E-state index contributed by atoms with van der Waals surface area (Å²) in [6, 6.07) is 0. The van der Waals surface area contributed by atoms with Crippen LogP contribution < -0.4 is 0 Å². The molecule has 0 aliphatic rings. The monoisotopic (exact) mass is 186 g/mol. The number of nitrogens with zero attached hydrogens (tertiary/aromatic N) is 1. The van der Waals surface area contributed by atoms with Gasteiger partial charge in [0.25, 0.3) is 0 Å². The van der Waals surface area contributed by atoms with Crippen LogP contribution in [0.4, 0.5) is 0 Å². The Hall–Kier alpha value is -0.500. The summed E-state index contributed by atoms with van der Waals surface area (Å²) in [7, 11) is 0. The molecule has 0 unspecified atom stereocenters. The zero-order valence-electron chi connectivity index (χ0n) is 7.44. The van der Waals surface area contributed by atoms with Gasteiger partial charge in [0.05, 0.1) is 0 Å². The average molecular weight is 187 g/mol. The Kier molecular flexibility index (Phi) is 4.15. The summed E-state index contributed by atoms with van der Waals surface area (Å²) < 4.78 is 0. The fourth-order valence-electron chi connectivity index (χ4n) is 1.12. The van der Waals surface area contributed by atoms with Crippen molar-refractivity contribution >= 4 is 11.6 Å². The van der Waals surface area contributed by atoms with Crippen LogP contribution in [0, 0.1) is 0 Å². The number of hydrogen-bond acceptors (Lipinski definition) is 1. The van der Waals surface area contributed by atoms with Crippen molar-refractivity contribution in [1.29, 1.82) is 0 Å². The van der Waals surface area contributed by atoms with Gasteiger partial charge in [0.1, 0.15) is 5.82 Å². The number of halogens is 1. The number of H-pyrrole nitrogens is 1. The normalized spacial score (nSPS) is 10.5. The van der Waals surface area contributed by atoms with Gasteiger partial charge < -0.3 is 4.98 Å². The molecular formula is C9H15ClN2. The Morgan fingerprint density at radius 1 is 1.50 bits per heavy atom. The summed E-state index contributed by atoms with van der Waals surface area (Å²) in [5, 5.41) is 0. The smallest absolute Gasteiger partial charge is 0.105 e. The first-order chi connectivity index (χ1) is 5.86. The van der Waals surface area contributed by atoms with E-state index in [2.05, 4.69) is 16.9 Å². The molecule has 2 nitrogen and oxygen atoms in total. The first kappa shape index (κ1) is 9.59. The van der Waals surface area contributed by atoms with Crippen molar-refractivity contribution in [2.75, 3.05) is 5.88 Å². The first-order valence-electron chi connectivity index (χ1n) is 4.45. The summed E-state index contributed by atoms with van der Waals surface area (Å²) in [5.74, 6) is 1.84. The highest BCUT2D eigenvalue weighted by molar-refractivity contribution is 6.17. The molecule has 1 N–H and O–H groups in total. The maximum absolute atomic E-state index is 5.57. The number of nitrogens with one attached hydrogen (secondary N) is 1. The van der Waals surface area contributed by atoms with E-state index in [1.807, 2.05) is 6.20 Å².